The number of nitrogens with one attached hydrogen (secondary N) is 2. The summed E-state index contributed by atoms with van der Waals surface area (Å²) < 4.78 is 27.7. The van der Waals surface area contributed by atoms with Crippen molar-refractivity contribution >= 4 is 38.4 Å². The molecule has 0 amide bonds. The SMILES string of the molecule is CC(C)n1nc(NCCO)c2cnc(Nc3ccnc(-c4cnn(S(=O)(=O)C5CC5)c4)n3)cc21. The van der Waals surface area contributed by atoms with E-state index in [9.17, 15) is 8.42 Å². The molecule has 0 radical (unpaired) electrons. The van der Waals surface area contributed by atoms with Crippen molar-refractivity contribution in [2.45, 2.75) is 38.0 Å². The highest BCUT2D eigenvalue weighted by atomic mass is 32.2. The van der Waals surface area contributed by atoms with Crippen molar-refractivity contribution in [2.24, 2.45) is 0 Å². The highest BCUT2D eigenvalue weighted by Crippen LogP contribution is 2.31. The Morgan fingerprint density at radius 3 is 2.76 bits per heavy atom. The van der Waals surface area contributed by atoms with E-state index in [1.807, 2.05) is 24.6 Å². The number of hydrogen-bond donors (Lipinski definition) is 3. The second kappa shape index (κ2) is 8.65. The molecular formula is C21H25N9O3S. The molecule has 0 aromatic carbocycles. The zero-order valence-corrected chi connectivity index (χ0v) is 19.6. The third-order valence-corrected chi connectivity index (χ3v) is 7.46. The number of aliphatic hydroxyl groups is 1. The molecule has 0 unspecified atom stereocenters. The summed E-state index contributed by atoms with van der Waals surface area (Å²) in [5.41, 5.74) is 1.39. The molecular weight excluding hydrogens is 458 g/mol. The summed E-state index contributed by atoms with van der Waals surface area (Å²) in [5.74, 6) is 2.09. The third-order valence-electron chi connectivity index (χ3n) is 5.42. The molecule has 0 spiro atoms. The maximum atomic E-state index is 12.4. The topological polar surface area (TPSA) is 153 Å². The van der Waals surface area contributed by atoms with Crippen molar-refractivity contribution < 1.29 is 13.5 Å². The monoisotopic (exact) mass is 483 g/mol. The molecule has 0 atom stereocenters. The number of rotatable bonds is 9. The number of pyridine rings is 1. The summed E-state index contributed by atoms with van der Waals surface area (Å²) in [6.45, 7) is 4.48. The lowest BCUT2D eigenvalue weighted by atomic mass is 10.3. The number of fused-ring (bicyclic) bond motifs is 1. The fourth-order valence-corrected chi connectivity index (χ4v) is 5.05. The number of aliphatic hydroxyl groups excluding tert-OH is 1. The van der Waals surface area contributed by atoms with E-state index in [4.69, 9.17) is 5.11 Å². The largest absolute Gasteiger partial charge is 0.395 e. The predicted molar refractivity (Wildman–Crippen MR) is 127 cm³/mol. The van der Waals surface area contributed by atoms with E-state index in [0.717, 1.165) is 15.0 Å². The van der Waals surface area contributed by atoms with E-state index in [1.165, 1.54) is 12.4 Å². The maximum Gasteiger partial charge on any atom is 0.256 e. The normalized spacial score (nSPS) is 14.1. The van der Waals surface area contributed by atoms with Gasteiger partial charge in [0.2, 0.25) is 0 Å². The molecule has 5 rings (SSSR count). The average Bonchev–Trinajstić information content (AvgIpc) is 3.45. The highest BCUT2D eigenvalue weighted by molar-refractivity contribution is 7.90. The van der Waals surface area contributed by atoms with Crippen LogP contribution in [0.3, 0.4) is 0 Å². The summed E-state index contributed by atoms with van der Waals surface area (Å²) in [4.78, 5) is 13.3. The molecule has 13 heteroatoms. The third kappa shape index (κ3) is 4.19. The zero-order chi connectivity index (χ0) is 23.9. The van der Waals surface area contributed by atoms with Crippen molar-refractivity contribution in [1.82, 2.24) is 33.9 Å². The molecule has 4 aromatic rings. The Morgan fingerprint density at radius 2 is 2.03 bits per heavy atom. The first-order valence-corrected chi connectivity index (χ1v) is 12.5. The number of hydrogen-bond acceptors (Lipinski definition) is 10. The van der Waals surface area contributed by atoms with Crippen LogP contribution in [0.4, 0.5) is 17.5 Å². The summed E-state index contributed by atoms with van der Waals surface area (Å²) in [5, 5.41) is 24.5. The van der Waals surface area contributed by atoms with Gasteiger partial charge in [-0.1, -0.05) is 0 Å². The van der Waals surface area contributed by atoms with Crippen LogP contribution in [-0.4, -0.2) is 65.8 Å². The van der Waals surface area contributed by atoms with Gasteiger partial charge in [0.1, 0.15) is 11.6 Å². The predicted octanol–water partition coefficient (Wildman–Crippen LogP) is 2.15. The quantitative estimate of drug-likeness (QED) is 0.323. The van der Waals surface area contributed by atoms with E-state index in [2.05, 4.69) is 35.8 Å². The lowest BCUT2D eigenvalue weighted by Gasteiger charge is -2.09. The van der Waals surface area contributed by atoms with Crippen molar-refractivity contribution in [2.75, 3.05) is 23.8 Å². The summed E-state index contributed by atoms with van der Waals surface area (Å²) in [6.07, 6.45) is 7.53. The minimum atomic E-state index is -3.45. The molecule has 178 valence electrons. The molecule has 1 fully saturated rings. The molecule has 1 aliphatic rings. The van der Waals surface area contributed by atoms with Gasteiger partial charge < -0.3 is 15.7 Å². The van der Waals surface area contributed by atoms with Gasteiger partial charge in [0.15, 0.2) is 11.6 Å². The van der Waals surface area contributed by atoms with Crippen LogP contribution in [0.1, 0.15) is 32.7 Å². The van der Waals surface area contributed by atoms with Gasteiger partial charge in [0.25, 0.3) is 10.0 Å². The van der Waals surface area contributed by atoms with E-state index >= 15 is 0 Å². The van der Waals surface area contributed by atoms with Crippen molar-refractivity contribution in [1.29, 1.82) is 0 Å². The summed E-state index contributed by atoms with van der Waals surface area (Å²) in [6, 6.07) is 3.71. The second-order valence-electron chi connectivity index (χ2n) is 8.36. The van der Waals surface area contributed by atoms with Gasteiger partial charge in [-0.2, -0.15) is 14.3 Å². The second-order valence-corrected chi connectivity index (χ2v) is 10.4. The van der Waals surface area contributed by atoms with Gasteiger partial charge in [-0.05, 0) is 32.8 Å². The van der Waals surface area contributed by atoms with Crippen LogP contribution in [-0.2, 0) is 10.0 Å². The number of aromatic nitrogens is 7. The smallest absolute Gasteiger partial charge is 0.256 e. The molecule has 0 saturated heterocycles. The fraction of sp³-hybridized carbons (Fsp3) is 0.381. The minimum absolute atomic E-state index is 0.00452. The Kier molecular flexibility index (Phi) is 5.65. The van der Waals surface area contributed by atoms with Gasteiger partial charge in [0.05, 0.1) is 40.7 Å². The van der Waals surface area contributed by atoms with E-state index in [1.54, 1.807) is 18.5 Å². The molecule has 3 N–H and O–H groups in total. The first kappa shape index (κ1) is 22.2. The molecule has 4 heterocycles. The Labute approximate surface area is 196 Å². The Balaban J connectivity index is 1.42. The summed E-state index contributed by atoms with van der Waals surface area (Å²) in [7, 11) is -3.45. The standard InChI is InChI=1S/C21H25N9O3S/c1-13(2)30-17-9-19(24-11-16(17)21(28-30)23-7-8-31)26-18-5-6-22-20(27-18)14-10-25-29(12-14)34(32,33)15-3-4-15/h5-6,9-13,15,31H,3-4,7-8H2,1-2H3,(H,23,28)(H,22,24,26,27). The van der Waals surface area contributed by atoms with Crippen molar-refractivity contribution in [3.05, 3.63) is 36.9 Å². The molecule has 1 aliphatic carbocycles. The first-order chi connectivity index (χ1) is 16.4. The van der Waals surface area contributed by atoms with Crippen LogP contribution in [0.5, 0.6) is 0 Å². The van der Waals surface area contributed by atoms with Crippen LogP contribution < -0.4 is 10.6 Å². The van der Waals surface area contributed by atoms with Crippen molar-refractivity contribution in [3.63, 3.8) is 0 Å². The Hall–Kier alpha value is -3.58. The van der Waals surface area contributed by atoms with Crippen LogP contribution in [0.2, 0.25) is 0 Å². The van der Waals surface area contributed by atoms with Gasteiger partial charge in [-0.3, -0.25) is 4.68 Å². The van der Waals surface area contributed by atoms with Crippen LogP contribution in [0.15, 0.2) is 36.9 Å². The fourth-order valence-electron chi connectivity index (χ4n) is 3.58. The van der Waals surface area contributed by atoms with Gasteiger partial charge in [0, 0.05) is 31.0 Å². The average molecular weight is 484 g/mol. The van der Waals surface area contributed by atoms with Crippen LogP contribution in [0, 0.1) is 0 Å². The Bertz CT molecular complexity index is 1440. The van der Waals surface area contributed by atoms with Crippen LogP contribution >= 0.6 is 0 Å². The van der Waals surface area contributed by atoms with E-state index < -0.39 is 10.0 Å². The lowest BCUT2D eigenvalue weighted by Crippen LogP contribution is -2.17. The van der Waals surface area contributed by atoms with E-state index in [-0.39, 0.29) is 17.9 Å². The number of anilines is 3. The summed E-state index contributed by atoms with van der Waals surface area (Å²) >= 11 is 0. The highest BCUT2D eigenvalue weighted by Gasteiger charge is 2.37. The first-order valence-electron chi connectivity index (χ1n) is 11.0. The minimum Gasteiger partial charge on any atom is -0.395 e. The zero-order valence-electron chi connectivity index (χ0n) is 18.7. The van der Waals surface area contributed by atoms with Gasteiger partial charge >= 0.3 is 0 Å². The lowest BCUT2D eigenvalue weighted by molar-refractivity contribution is 0.311. The van der Waals surface area contributed by atoms with E-state index in [0.29, 0.717) is 48.2 Å². The molecule has 1 saturated carbocycles. The molecule has 4 aromatic heterocycles. The van der Waals surface area contributed by atoms with Gasteiger partial charge in [-0.25, -0.2) is 23.4 Å². The molecule has 34 heavy (non-hydrogen) atoms. The number of nitrogens with zero attached hydrogens (tertiary/aromatic N) is 7. The molecule has 0 aliphatic heterocycles. The van der Waals surface area contributed by atoms with Crippen LogP contribution in [0.25, 0.3) is 22.3 Å². The van der Waals surface area contributed by atoms with Crippen molar-refractivity contribution in [3.8, 4) is 11.4 Å². The molecule has 0 bridgehead atoms. The molecule has 12 nitrogen and oxygen atoms in total. The Morgan fingerprint density at radius 1 is 1.21 bits per heavy atom. The van der Waals surface area contributed by atoms with Gasteiger partial charge in [-0.15, -0.1) is 0 Å². The maximum absolute atomic E-state index is 12.4.